The average molecular weight is 391 g/mol. The second kappa shape index (κ2) is 8.01. The monoisotopic (exact) mass is 391 g/mol. The van der Waals surface area contributed by atoms with E-state index in [-0.39, 0.29) is 22.8 Å². The second-order valence-electron chi connectivity index (χ2n) is 6.19. The van der Waals surface area contributed by atoms with Crippen LogP contribution in [0, 0.1) is 0 Å². The van der Waals surface area contributed by atoms with E-state index >= 15 is 0 Å². The van der Waals surface area contributed by atoms with Gasteiger partial charge in [0.1, 0.15) is 6.10 Å². The number of nitrogens with zero attached hydrogens (tertiary/aromatic N) is 3. The van der Waals surface area contributed by atoms with Crippen molar-refractivity contribution in [2.75, 3.05) is 20.2 Å². The molecule has 2 aromatic rings. The minimum absolute atomic E-state index is 0.134. The SMILES string of the molecule is COc1nccc(OC2CCN(S(=O)(=O)c3cccc(C(C)=O)c3)CC2)n1. The summed E-state index contributed by atoms with van der Waals surface area (Å²) in [6, 6.07) is 7.99. The highest BCUT2D eigenvalue weighted by atomic mass is 32.2. The highest BCUT2D eigenvalue weighted by Gasteiger charge is 2.30. The van der Waals surface area contributed by atoms with Crippen molar-refractivity contribution < 1.29 is 22.7 Å². The molecule has 0 saturated carbocycles. The molecule has 3 rings (SSSR count). The average Bonchev–Trinajstić information content (AvgIpc) is 2.68. The van der Waals surface area contributed by atoms with Crippen LogP contribution in [0.1, 0.15) is 30.1 Å². The molecule has 0 amide bonds. The van der Waals surface area contributed by atoms with Crippen LogP contribution in [0.4, 0.5) is 0 Å². The molecular formula is C18H21N3O5S. The molecule has 0 atom stereocenters. The van der Waals surface area contributed by atoms with Crippen LogP contribution in [0.15, 0.2) is 41.4 Å². The summed E-state index contributed by atoms with van der Waals surface area (Å²) in [7, 11) is -2.17. The summed E-state index contributed by atoms with van der Waals surface area (Å²) in [5.74, 6) is 0.233. The molecule has 1 saturated heterocycles. The van der Waals surface area contributed by atoms with E-state index in [0.29, 0.717) is 37.4 Å². The van der Waals surface area contributed by atoms with Gasteiger partial charge in [-0.25, -0.2) is 13.4 Å². The predicted molar refractivity (Wildman–Crippen MR) is 97.4 cm³/mol. The molecule has 1 fully saturated rings. The lowest BCUT2D eigenvalue weighted by Crippen LogP contribution is -2.41. The Kier molecular flexibility index (Phi) is 5.71. The number of sulfonamides is 1. The summed E-state index contributed by atoms with van der Waals surface area (Å²) < 4.78 is 37.9. The van der Waals surface area contributed by atoms with Crippen molar-refractivity contribution in [3.05, 3.63) is 42.1 Å². The van der Waals surface area contributed by atoms with Gasteiger partial charge < -0.3 is 9.47 Å². The normalized spacial score (nSPS) is 16.1. The van der Waals surface area contributed by atoms with Crippen LogP contribution in [0.2, 0.25) is 0 Å². The molecule has 1 aliphatic rings. The molecule has 0 spiro atoms. The summed E-state index contributed by atoms with van der Waals surface area (Å²) >= 11 is 0. The molecule has 9 heteroatoms. The third-order valence-electron chi connectivity index (χ3n) is 4.36. The van der Waals surface area contributed by atoms with Crippen molar-refractivity contribution in [1.29, 1.82) is 0 Å². The summed E-state index contributed by atoms with van der Waals surface area (Å²) in [4.78, 5) is 19.7. The standard InChI is InChI=1S/C18H21N3O5S/c1-13(22)14-4-3-5-16(12-14)27(23,24)21-10-7-15(8-11-21)26-17-6-9-19-18(20-17)25-2/h3-6,9,12,15H,7-8,10-11H2,1-2H3. The van der Waals surface area contributed by atoms with Gasteiger partial charge in [-0.1, -0.05) is 12.1 Å². The lowest BCUT2D eigenvalue weighted by Gasteiger charge is -2.31. The van der Waals surface area contributed by atoms with Gasteiger partial charge in [0, 0.05) is 30.9 Å². The number of methoxy groups -OCH3 is 1. The molecule has 8 nitrogen and oxygen atoms in total. The minimum Gasteiger partial charge on any atom is -0.474 e. The summed E-state index contributed by atoms with van der Waals surface area (Å²) in [6.45, 7) is 2.08. The smallest absolute Gasteiger partial charge is 0.319 e. The fraction of sp³-hybridized carbons (Fsp3) is 0.389. The highest BCUT2D eigenvalue weighted by molar-refractivity contribution is 7.89. The number of ketones is 1. The number of Topliss-reactive ketones (excluding diaryl/α,β-unsaturated/α-hetero) is 1. The quantitative estimate of drug-likeness (QED) is 0.694. The Balaban J connectivity index is 1.66. The number of ether oxygens (including phenoxy) is 2. The Morgan fingerprint density at radius 1 is 1.22 bits per heavy atom. The Labute approximate surface area is 158 Å². The number of carbonyl (C=O) groups is 1. The van der Waals surface area contributed by atoms with E-state index in [1.165, 1.54) is 30.5 Å². The van der Waals surface area contributed by atoms with Gasteiger partial charge in [0.2, 0.25) is 15.9 Å². The van der Waals surface area contributed by atoms with Gasteiger partial charge in [0.25, 0.3) is 0 Å². The number of hydrogen-bond donors (Lipinski definition) is 0. The maximum atomic E-state index is 12.8. The van der Waals surface area contributed by atoms with E-state index in [1.807, 2.05) is 0 Å². The largest absolute Gasteiger partial charge is 0.474 e. The van der Waals surface area contributed by atoms with Crippen molar-refractivity contribution in [3.63, 3.8) is 0 Å². The fourth-order valence-corrected chi connectivity index (χ4v) is 4.39. The second-order valence-corrected chi connectivity index (χ2v) is 8.12. The molecule has 144 valence electrons. The fourth-order valence-electron chi connectivity index (χ4n) is 2.87. The molecular weight excluding hydrogens is 370 g/mol. The molecule has 1 aromatic heterocycles. The zero-order valence-electron chi connectivity index (χ0n) is 15.2. The highest BCUT2D eigenvalue weighted by Crippen LogP contribution is 2.24. The van der Waals surface area contributed by atoms with E-state index in [9.17, 15) is 13.2 Å². The molecule has 1 aliphatic heterocycles. The van der Waals surface area contributed by atoms with Gasteiger partial charge in [-0.2, -0.15) is 9.29 Å². The summed E-state index contributed by atoms with van der Waals surface area (Å²) in [5, 5.41) is 0. The predicted octanol–water partition coefficient (Wildman–Crippen LogP) is 1.92. The molecule has 0 radical (unpaired) electrons. The Hall–Kier alpha value is -2.52. The van der Waals surface area contributed by atoms with Gasteiger partial charge in [0.15, 0.2) is 5.78 Å². The van der Waals surface area contributed by atoms with Crippen LogP contribution in [0.25, 0.3) is 0 Å². The summed E-state index contributed by atoms with van der Waals surface area (Å²) in [5.41, 5.74) is 0.381. The summed E-state index contributed by atoms with van der Waals surface area (Å²) in [6.07, 6.45) is 2.48. The Morgan fingerprint density at radius 2 is 1.96 bits per heavy atom. The van der Waals surface area contributed by atoms with Crippen LogP contribution in [-0.4, -0.2) is 54.8 Å². The minimum atomic E-state index is -3.65. The maximum Gasteiger partial charge on any atom is 0.319 e. The number of piperidine rings is 1. The lowest BCUT2D eigenvalue weighted by molar-refractivity contribution is 0.101. The molecule has 0 unspecified atom stereocenters. The first-order valence-corrected chi connectivity index (χ1v) is 9.99. The zero-order chi connectivity index (χ0) is 19.4. The number of carbonyl (C=O) groups excluding carboxylic acids is 1. The number of aromatic nitrogens is 2. The van der Waals surface area contributed by atoms with Crippen LogP contribution >= 0.6 is 0 Å². The first-order chi connectivity index (χ1) is 12.9. The molecule has 0 N–H and O–H groups in total. The zero-order valence-corrected chi connectivity index (χ0v) is 16.0. The molecule has 27 heavy (non-hydrogen) atoms. The number of hydrogen-bond acceptors (Lipinski definition) is 7. The molecule has 0 aliphatic carbocycles. The van der Waals surface area contributed by atoms with Gasteiger partial charge in [-0.3, -0.25) is 4.79 Å². The Morgan fingerprint density at radius 3 is 2.63 bits per heavy atom. The van der Waals surface area contributed by atoms with Crippen LogP contribution in [0.5, 0.6) is 11.9 Å². The van der Waals surface area contributed by atoms with E-state index < -0.39 is 10.0 Å². The molecule has 2 heterocycles. The first kappa shape index (κ1) is 19.2. The van der Waals surface area contributed by atoms with Crippen LogP contribution < -0.4 is 9.47 Å². The maximum absolute atomic E-state index is 12.8. The van der Waals surface area contributed by atoms with Crippen molar-refractivity contribution in [3.8, 4) is 11.9 Å². The van der Waals surface area contributed by atoms with Gasteiger partial charge >= 0.3 is 6.01 Å². The van der Waals surface area contributed by atoms with E-state index in [2.05, 4.69) is 9.97 Å². The van der Waals surface area contributed by atoms with E-state index in [1.54, 1.807) is 24.4 Å². The van der Waals surface area contributed by atoms with Gasteiger partial charge in [-0.05, 0) is 31.9 Å². The number of rotatable bonds is 6. The third kappa shape index (κ3) is 4.42. The number of benzene rings is 1. The molecule has 0 bridgehead atoms. The van der Waals surface area contributed by atoms with Crippen LogP contribution in [0.3, 0.4) is 0 Å². The third-order valence-corrected chi connectivity index (χ3v) is 6.25. The van der Waals surface area contributed by atoms with Crippen LogP contribution in [-0.2, 0) is 10.0 Å². The van der Waals surface area contributed by atoms with Gasteiger partial charge in [0.05, 0.1) is 12.0 Å². The van der Waals surface area contributed by atoms with E-state index in [4.69, 9.17) is 9.47 Å². The molecule has 1 aromatic carbocycles. The van der Waals surface area contributed by atoms with Crippen molar-refractivity contribution in [2.45, 2.75) is 30.8 Å². The van der Waals surface area contributed by atoms with Gasteiger partial charge in [-0.15, -0.1) is 0 Å². The lowest BCUT2D eigenvalue weighted by atomic mass is 10.1. The topological polar surface area (TPSA) is 98.7 Å². The van der Waals surface area contributed by atoms with E-state index in [0.717, 1.165) is 0 Å². The Bertz CT molecular complexity index is 924. The van der Waals surface area contributed by atoms with Crippen molar-refractivity contribution in [2.24, 2.45) is 0 Å². The van der Waals surface area contributed by atoms with Crippen molar-refractivity contribution in [1.82, 2.24) is 14.3 Å². The van der Waals surface area contributed by atoms with Crippen molar-refractivity contribution >= 4 is 15.8 Å². The first-order valence-electron chi connectivity index (χ1n) is 8.55.